The Bertz CT molecular complexity index is 910. The van der Waals surface area contributed by atoms with Crippen molar-refractivity contribution in [1.29, 1.82) is 0 Å². The van der Waals surface area contributed by atoms with Crippen LogP contribution in [0.25, 0.3) is 10.2 Å². The van der Waals surface area contributed by atoms with E-state index < -0.39 is 0 Å². The average molecular weight is 435 g/mol. The lowest BCUT2D eigenvalue weighted by atomic mass is 9.97. The highest BCUT2D eigenvalue weighted by atomic mass is 32.1. The second-order valence-corrected chi connectivity index (χ2v) is 8.34. The van der Waals surface area contributed by atoms with Crippen molar-refractivity contribution in [3.8, 4) is 0 Å². The summed E-state index contributed by atoms with van der Waals surface area (Å²) in [6, 6.07) is 5.27. The van der Waals surface area contributed by atoms with Crippen LogP contribution < -0.4 is 5.32 Å². The first-order chi connectivity index (χ1) is 14.0. The van der Waals surface area contributed by atoms with Crippen molar-refractivity contribution in [3.05, 3.63) is 23.8 Å². The van der Waals surface area contributed by atoms with Gasteiger partial charge >= 0.3 is 5.97 Å². The summed E-state index contributed by atoms with van der Waals surface area (Å²) in [7, 11) is 1.36. The van der Waals surface area contributed by atoms with Crippen molar-refractivity contribution >= 4 is 55.9 Å². The molecule has 2 heterocycles. The topological polar surface area (TPSA) is 74.8 Å². The van der Waals surface area contributed by atoms with Gasteiger partial charge in [0.15, 0.2) is 10.2 Å². The number of aromatic nitrogens is 1. The van der Waals surface area contributed by atoms with Gasteiger partial charge in [0.1, 0.15) is 0 Å². The molecular weight excluding hydrogens is 408 g/mol. The quantitative estimate of drug-likeness (QED) is 0.571. The summed E-state index contributed by atoms with van der Waals surface area (Å²) >= 11 is 7.02. The summed E-state index contributed by atoms with van der Waals surface area (Å²) in [6.45, 7) is 6.92. The summed E-state index contributed by atoms with van der Waals surface area (Å²) < 4.78 is 5.65. The van der Waals surface area contributed by atoms with Gasteiger partial charge in [-0.15, -0.1) is 0 Å². The normalized spacial score (nSPS) is 16.5. The highest BCUT2D eigenvalue weighted by Gasteiger charge is 2.29. The molecule has 29 heavy (non-hydrogen) atoms. The number of hydrogen-bond acceptors (Lipinski definition) is 6. The maximum absolute atomic E-state index is 12.7. The second kappa shape index (κ2) is 9.49. The van der Waals surface area contributed by atoms with Crippen LogP contribution in [0.15, 0.2) is 18.2 Å². The van der Waals surface area contributed by atoms with Crippen molar-refractivity contribution in [2.45, 2.75) is 26.7 Å². The number of likely N-dealkylation sites (tertiary alicyclic amines) is 1. The van der Waals surface area contributed by atoms with Crippen LogP contribution in [0, 0.1) is 5.92 Å². The fraction of sp³-hybridized carbons (Fsp3) is 0.500. The van der Waals surface area contributed by atoms with Crippen LogP contribution in [0.4, 0.5) is 5.13 Å². The molecule has 1 aliphatic rings. The molecule has 1 saturated heterocycles. The number of ether oxygens (including phenoxy) is 1. The molecule has 0 saturated carbocycles. The summed E-state index contributed by atoms with van der Waals surface area (Å²) in [6.07, 6.45) is 1.83. The van der Waals surface area contributed by atoms with Gasteiger partial charge in [-0.25, -0.2) is 9.78 Å². The van der Waals surface area contributed by atoms with Crippen LogP contribution >= 0.6 is 23.6 Å². The average Bonchev–Trinajstić information content (AvgIpc) is 3.15. The zero-order valence-corrected chi connectivity index (χ0v) is 18.6. The summed E-state index contributed by atoms with van der Waals surface area (Å²) in [5, 5.41) is 4.45. The zero-order valence-electron chi connectivity index (χ0n) is 16.9. The van der Waals surface area contributed by atoms with Crippen LogP contribution in [0.5, 0.6) is 0 Å². The molecule has 0 spiro atoms. The highest BCUT2D eigenvalue weighted by Crippen LogP contribution is 2.28. The molecule has 9 heteroatoms. The maximum atomic E-state index is 12.7. The monoisotopic (exact) mass is 434 g/mol. The Morgan fingerprint density at radius 1 is 1.38 bits per heavy atom. The molecule has 1 aromatic carbocycles. The third kappa shape index (κ3) is 4.84. The lowest BCUT2D eigenvalue weighted by Crippen LogP contribution is -2.47. The first-order valence-electron chi connectivity index (χ1n) is 9.80. The van der Waals surface area contributed by atoms with Crippen molar-refractivity contribution in [1.82, 2.24) is 14.8 Å². The molecule has 156 valence electrons. The van der Waals surface area contributed by atoms with E-state index in [4.69, 9.17) is 17.0 Å². The molecule has 0 unspecified atom stereocenters. The number of thiocarbonyl (C=S) groups is 1. The number of carbonyl (C=O) groups excluding carboxylic acids is 2. The van der Waals surface area contributed by atoms with Gasteiger partial charge in [0.25, 0.3) is 0 Å². The first kappa shape index (κ1) is 21.4. The lowest BCUT2D eigenvalue weighted by molar-refractivity contribution is -0.136. The van der Waals surface area contributed by atoms with Crippen molar-refractivity contribution in [2.75, 3.05) is 38.6 Å². The highest BCUT2D eigenvalue weighted by molar-refractivity contribution is 7.80. The molecule has 2 aromatic rings. The molecule has 0 aliphatic carbocycles. The van der Waals surface area contributed by atoms with E-state index >= 15 is 0 Å². The van der Waals surface area contributed by atoms with Gasteiger partial charge < -0.3 is 19.9 Å². The summed E-state index contributed by atoms with van der Waals surface area (Å²) in [4.78, 5) is 32.9. The number of piperidine rings is 1. The number of methoxy groups -OCH3 is 1. The van der Waals surface area contributed by atoms with Gasteiger partial charge in [-0.05, 0) is 57.1 Å². The lowest BCUT2D eigenvalue weighted by Gasteiger charge is -2.35. The Balaban J connectivity index is 1.67. The van der Waals surface area contributed by atoms with Crippen LogP contribution in [0.3, 0.4) is 0 Å². The Labute approximate surface area is 180 Å². The first-order valence-corrected chi connectivity index (χ1v) is 11.0. The number of esters is 1. The zero-order chi connectivity index (χ0) is 21.0. The number of benzene rings is 1. The van der Waals surface area contributed by atoms with Gasteiger partial charge in [-0.1, -0.05) is 11.3 Å². The molecule has 7 nitrogen and oxygen atoms in total. The molecular formula is C20H26N4O3S2. The fourth-order valence-electron chi connectivity index (χ4n) is 3.55. The van der Waals surface area contributed by atoms with Gasteiger partial charge in [0.2, 0.25) is 5.91 Å². The van der Waals surface area contributed by atoms with E-state index in [1.165, 1.54) is 18.4 Å². The minimum absolute atomic E-state index is 0.0265. The van der Waals surface area contributed by atoms with Crippen molar-refractivity contribution in [3.63, 3.8) is 0 Å². The fourth-order valence-corrected chi connectivity index (χ4v) is 4.78. The van der Waals surface area contributed by atoms with Gasteiger partial charge in [-0.3, -0.25) is 4.79 Å². The van der Waals surface area contributed by atoms with Crippen LogP contribution in [-0.2, 0) is 9.53 Å². The van der Waals surface area contributed by atoms with E-state index in [1.54, 1.807) is 18.2 Å². The van der Waals surface area contributed by atoms with Crippen molar-refractivity contribution in [2.24, 2.45) is 5.92 Å². The van der Waals surface area contributed by atoms with E-state index in [9.17, 15) is 9.59 Å². The van der Waals surface area contributed by atoms with Crippen LogP contribution in [0.1, 0.15) is 37.0 Å². The minimum Gasteiger partial charge on any atom is -0.465 e. The molecule has 1 fully saturated rings. The number of fused-ring (bicyclic) bond motifs is 1. The van der Waals surface area contributed by atoms with E-state index in [1.807, 2.05) is 18.7 Å². The number of carbonyl (C=O) groups is 2. The van der Waals surface area contributed by atoms with Crippen molar-refractivity contribution < 1.29 is 14.3 Å². The molecule has 3 rings (SSSR count). The van der Waals surface area contributed by atoms with Gasteiger partial charge in [0, 0.05) is 26.2 Å². The Morgan fingerprint density at radius 2 is 2.14 bits per heavy atom. The predicted molar refractivity (Wildman–Crippen MR) is 119 cm³/mol. The summed E-state index contributed by atoms with van der Waals surface area (Å²) in [5.74, 6) is -0.193. The second-order valence-electron chi connectivity index (χ2n) is 6.92. The Kier molecular flexibility index (Phi) is 7.02. The third-order valence-corrected chi connectivity index (χ3v) is 6.45. The standard InChI is InChI=1S/C20H26N4O3S2/c1-4-23(5-2)17(25)14-7-6-10-24(12-14)20(28)22-19-21-15-9-8-13(18(26)27-3)11-16(15)29-19/h8-9,11,14H,4-7,10,12H2,1-3H3,(H,21,22,28)/t14-/m1/s1. The van der Waals surface area contributed by atoms with Crippen LogP contribution in [0.2, 0.25) is 0 Å². The smallest absolute Gasteiger partial charge is 0.337 e. The number of hydrogen-bond donors (Lipinski definition) is 1. The van der Waals surface area contributed by atoms with E-state index in [0.717, 1.165) is 42.7 Å². The Morgan fingerprint density at radius 3 is 2.83 bits per heavy atom. The van der Waals surface area contributed by atoms with E-state index in [-0.39, 0.29) is 17.8 Å². The molecule has 1 amide bonds. The van der Waals surface area contributed by atoms with Gasteiger partial charge in [0.05, 0.1) is 28.8 Å². The van der Waals surface area contributed by atoms with Crippen LogP contribution in [-0.4, -0.2) is 65.1 Å². The largest absolute Gasteiger partial charge is 0.465 e. The SMILES string of the molecule is CCN(CC)C(=O)[C@@H]1CCCN(C(=S)Nc2nc3ccc(C(=O)OC)cc3s2)C1. The third-order valence-electron chi connectivity index (χ3n) is 5.16. The molecule has 1 N–H and O–H groups in total. The molecule has 1 aliphatic heterocycles. The number of amides is 1. The maximum Gasteiger partial charge on any atom is 0.337 e. The van der Waals surface area contributed by atoms with E-state index in [0.29, 0.717) is 22.4 Å². The van der Waals surface area contributed by atoms with Gasteiger partial charge in [-0.2, -0.15) is 0 Å². The summed E-state index contributed by atoms with van der Waals surface area (Å²) in [5.41, 5.74) is 1.28. The Hall–Kier alpha value is -2.26. The minimum atomic E-state index is -0.373. The molecule has 1 aromatic heterocycles. The van der Waals surface area contributed by atoms with E-state index in [2.05, 4.69) is 15.2 Å². The number of thiazole rings is 1. The predicted octanol–water partition coefficient (Wildman–Crippen LogP) is 3.36. The molecule has 0 radical (unpaired) electrons. The number of nitrogens with one attached hydrogen (secondary N) is 1. The number of rotatable bonds is 5. The number of nitrogens with zero attached hydrogens (tertiary/aromatic N) is 3. The number of anilines is 1. The molecule has 1 atom stereocenters. The molecule has 0 bridgehead atoms.